The third kappa shape index (κ3) is 3.83. The summed E-state index contributed by atoms with van der Waals surface area (Å²) in [5.74, 6) is 0. The van der Waals surface area contributed by atoms with Crippen LogP contribution in [0.25, 0.3) is 0 Å². The molecule has 0 nitrogen and oxygen atoms in total. The van der Waals surface area contributed by atoms with Crippen molar-refractivity contribution in [1.29, 1.82) is 0 Å². The van der Waals surface area contributed by atoms with E-state index >= 15 is 0 Å². The van der Waals surface area contributed by atoms with Gasteiger partial charge in [-0.1, -0.05) is 43.2 Å². The van der Waals surface area contributed by atoms with E-state index in [1.807, 2.05) is 0 Å². The van der Waals surface area contributed by atoms with Gasteiger partial charge in [0.2, 0.25) is 0 Å². The highest BCUT2D eigenvalue weighted by atomic mass is 13.9. The summed E-state index contributed by atoms with van der Waals surface area (Å²) in [7, 11) is 0. The Morgan fingerprint density at radius 1 is 1.25 bits per heavy atom. The topological polar surface area (TPSA) is 0 Å². The maximum atomic E-state index is 4.00. The summed E-state index contributed by atoms with van der Waals surface area (Å²) in [6, 6.07) is 8.71. The van der Waals surface area contributed by atoms with Crippen molar-refractivity contribution in [1.82, 2.24) is 0 Å². The van der Waals surface area contributed by atoms with E-state index in [-0.39, 0.29) is 0 Å². The highest BCUT2D eigenvalue weighted by molar-refractivity contribution is 5.21. The normalized spacial score (nSPS) is 8.33. The van der Waals surface area contributed by atoms with Crippen LogP contribution in [0.3, 0.4) is 0 Å². The maximum absolute atomic E-state index is 4.00. The van der Waals surface area contributed by atoms with Crippen LogP contribution >= 0.6 is 0 Å². The van der Waals surface area contributed by atoms with Crippen LogP contribution in [0.2, 0.25) is 0 Å². The lowest BCUT2D eigenvalue weighted by molar-refractivity contribution is 0.920. The van der Waals surface area contributed by atoms with Gasteiger partial charge in [0.05, 0.1) is 0 Å². The summed E-state index contributed by atoms with van der Waals surface area (Å²) in [6.07, 6.45) is 10.4. The van der Waals surface area contributed by atoms with Crippen LogP contribution < -0.4 is 0 Å². The molecule has 0 saturated carbocycles. The van der Waals surface area contributed by atoms with E-state index in [1.165, 1.54) is 24.0 Å². The van der Waals surface area contributed by atoms with Crippen molar-refractivity contribution < 1.29 is 0 Å². The van der Waals surface area contributed by atoms with E-state index in [0.29, 0.717) is 0 Å². The van der Waals surface area contributed by atoms with E-state index in [9.17, 15) is 0 Å². The summed E-state index contributed by atoms with van der Waals surface area (Å²) in [4.78, 5) is 0. The highest BCUT2D eigenvalue weighted by Gasteiger charge is 1.88. The van der Waals surface area contributed by atoms with Crippen molar-refractivity contribution in [2.24, 2.45) is 0 Å². The molecule has 0 N–H and O–H groups in total. The smallest absolute Gasteiger partial charge is 0.0281 e. The molecule has 0 radical (unpaired) electrons. The summed E-state index contributed by atoms with van der Waals surface area (Å²) < 4.78 is 0. The number of aryl methyl sites for hydroxylation is 2. The Kier molecular flexibility index (Phi) is 5.83. The SMILES string of the molecule is C#C.CCCc1cccc(C)c1. The van der Waals surface area contributed by atoms with E-state index in [1.54, 1.807) is 0 Å². The van der Waals surface area contributed by atoms with Gasteiger partial charge >= 0.3 is 0 Å². The average molecular weight is 160 g/mol. The molecule has 1 rings (SSSR count). The molecule has 0 atom stereocenters. The van der Waals surface area contributed by atoms with Crippen molar-refractivity contribution in [3.8, 4) is 12.8 Å². The molecule has 1 aromatic rings. The van der Waals surface area contributed by atoms with Crippen molar-refractivity contribution in [2.75, 3.05) is 0 Å². The molecule has 0 unspecified atom stereocenters. The zero-order chi connectivity index (χ0) is 9.40. The molecule has 0 heteroatoms. The lowest BCUT2D eigenvalue weighted by Gasteiger charge is -1.97. The van der Waals surface area contributed by atoms with Crippen molar-refractivity contribution >= 4 is 0 Å². The monoisotopic (exact) mass is 160 g/mol. The molecular formula is C12H16. The second kappa shape index (κ2) is 6.49. The van der Waals surface area contributed by atoms with Gasteiger partial charge in [-0.25, -0.2) is 0 Å². The zero-order valence-electron chi connectivity index (χ0n) is 7.88. The molecule has 0 spiro atoms. The molecule has 0 bridgehead atoms. The van der Waals surface area contributed by atoms with E-state index < -0.39 is 0 Å². The minimum atomic E-state index is 1.21. The predicted octanol–water partition coefficient (Wildman–Crippen LogP) is 3.20. The van der Waals surface area contributed by atoms with Gasteiger partial charge in [-0.05, 0) is 18.9 Å². The van der Waals surface area contributed by atoms with Crippen molar-refractivity contribution in [3.63, 3.8) is 0 Å². The fraction of sp³-hybridized carbons (Fsp3) is 0.333. The molecule has 0 aromatic heterocycles. The quantitative estimate of drug-likeness (QED) is 0.583. The fourth-order valence-electron chi connectivity index (χ4n) is 1.16. The Morgan fingerprint density at radius 3 is 2.42 bits per heavy atom. The summed E-state index contributed by atoms with van der Waals surface area (Å²) >= 11 is 0. The number of benzene rings is 1. The van der Waals surface area contributed by atoms with Crippen LogP contribution in [0.15, 0.2) is 24.3 Å². The second-order valence-corrected chi connectivity index (χ2v) is 2.74. The number of hydrogen-bond acceptors (Lipinski definition) is 0. The zero-order valence-corrected chi connectivity index (χ0v) is 7.88. The highest BCUT2D eigenvalue weighted by Crippen LogP contribution is 2.05. The summed E-state index contributed by atoms with van der Waals surface area (Å²) in [5.41, 5.74) is 2.83. The summed E-state index contributed by atoms with van der Waals surface area (Å²) in [5, 5.41) is 0. The van der Waals surface area contributed by atoms with Crippen LogP contribution in [0.1, 0.15) is 24.5 Å². The van der Waals surface area contributed by atoms with Crippen molar-refractivity contribution in [2.45, 2.75) is 26.7 Å². The minimum Gasteiger partial charge on any atom is -0.124 e. The van der Waals surface area contributed by atoms with Crippen LogP contribution in [-0.2, 0) is 6.42 Å². The molecule has 0 aliphatic carbocycles. The van der Waals surface area contributed by atoms with Gasteiger partial charge in [-0.2, -0.15) is 0 Å². The van der Waals surface area contributed by atoms with Crippen molar-refractivity contribution in [3.05, 3.63) is 35.4 Å². The largest absolute Gasteiger partial charge is 0.124 e. The van der Waals surface area contributed by atoms with Gasteiger partial charge in [0.15, 0.2) is 0 Å². The van der Waals surface area contributed by atoms with Gasteiger partial charge in [0, 0.05) is 0 Å². The Bertz CT molecular complexity index is 233. The predicted molar refractivity (Wildman–Crippen MR) is 55.1 cm³/mol. The number of hydrogen-bond donors (Lipinski definition) is 0. The van der Waals surface area contributed by atoms with Crippen LogP contribution in [0, 0.1) is 19.8 Å². The van der Waals surface area contributed by atoms with Crippen LogP contribution in [-0.4, -0.2) is 0 Å². The standard InChI is InChI=1S/C10H14.C2H2/c1-3-5-10-7-4-6-9(2)8-10;1-2/h4,6-8H,3,5H2,1-2H3;1-2H. The Morgan fingerprint density at radius 2 is 1.92 bits per heavy atom. The maximum Gasteiger partial charge on any atom is -0.0281 e. The molecule has 12 heavy (non-hydrogen) atoms. The summed E-state index contributed by atoms with van der Waals surface area (Å²) in [6.45, 7) is 4.35. The lowest BCUT2D eigenvalue weighted by Crippen LogP contribution is -1.82. The molecule has 1 aromatic carbocycles. The molecule has 0 heterocycles. The molecule has 0 aliphatic rings. The van der Waals surface area contributed by atoms with E-state index in [2.05, 4.69) is 51.0 Å². The average Bonchev–Trinajstić information content (AvgIpc) is 2.09. The molecule has 0 fully saturated rings. The molecule has 0 saturated heterocycles. The molecule has 0 aliphatic heterocycles. The first-order chi connectivity index (χ1) is 5.83. The first-order valence-electron chi connectivity index (χ1n) is 4.22. The van der Waals surface area contributed by atoms with Gasteiger partial charge in [-0.3, -0.25) is 0 Å². The van der Waals surface area contributed by atoms with Crippen LogP contribution in [0.5, 0.6) is 0 Å². The van der Waals surface area contributed by atoms with E-state index in [4.69, 9.17) is 0 Å². The number of terminal acetylenes is 1. The third-order valence-electron chi connectivity index (χ3n) is 1.62. The van der Waals surface area contributed by atoms with Gasteiger partial charge in [-0.15, -0.1) is 12.8 Å². The first-order valence-corrected chi connectivity index (χ1v) is 4.22. The molecule has 0 amide bonds. The minimum absolute atomic E-state index is 1.21. The lowest BCUT2D eigenvalue weighted by atomic mass is 10.1. The Labute approximate surface area is 75.6 Å². The second-order valence-electron chi connectivity index (χ2n) is 2.74. The van der Waals surface area contributed by atoms with Crippen LogP contribution in [0.4, 0.5) is 0 Å². The Hall–Kier alpha value is -1.22. The van der Waals surface area contributed by atoms with E-state index in [0.717, 1.165) is 0 Å². The van der Waals surface area contributed by atoms with Gasteiger partial charge < -0.3 is 0 Å². The third-order valence-corrected chi connectivity index (χ3v) is 1.62. The molecular weight excluding hydrogens is 144 g/mol. The fourth-order valence-corrected chi connectivity index (χ4v) is 1.16. The first kappa shape index (κ1) is 10.8. The van der Waals surface area contributed by atoms with Gasteiger partial charge in [0.1, 0.15) is 0 Å². The molecule has 64 valence electrons. The number of rotatable bonds is 2. The van der Waals surface area contributed by atoms with Gasteiger partial charge in [0.25, 0.3) is 0 Å². The Balaban J connectivity index is 0.000000561.